The van der Waals surface area contributed by atoms with Crippen molar-refractivity contribution in [3.05, 3.63) is 47.2 Å². The third-order valence-electron chi connectivity index (χ3n) is 8.92. The monoisotopic (exact) mass is 875 g/mol. The van der Waals surface area contributed by atoms with Crippen molar-refractivity contribution in [3.8, 4) is 11.5 Å². The molecule has 0 aliphatic rings. The molecule has 7 aromatic rings. The molecule has 0 saturated heterocycles. The van der Waals surface area contributed by atoms with Crippen LogP contribution in [0.1, 0.15) is 27.7 Å². The molecule has 0 aliphatic heterocycles. The molecule has 0 unspecified atom stereocenters. The highest BCUT2D eigenvalue weighted by Gasteiger charge is 2.18. The summed E-state index contributed by atoms with van der Waals surface area (Å²) in [4.78, 5) is 20.5. The molecular formula is C37H41N13O3S5. The second-order valence-electron chi connectivity index (χ2n) is 12.2. The van der Waals surface area contributed by atoms with Crippen molar-refractivity contribution in [1.82, 2.24) is 23.7 Å². The van der Waals surface area contributed by atoms with E-state index in [0.29, 0.717) is 55.2 Å². The van der Waals surface area contributed by atoms with Gasteiger partial charge in [0.2, 0.25) is 11.9 Å². The highest BCUT2D eigenvalue weighted by molar-refractivity contribution is 7.99. The minimum atomic E-state index is -0.0473. The number of fused-ring (bicyclic) bond motifs is 2. The highest BCUT2D eigenvalue weighted by Crippen LogP contribution is 2.44. The molecule has 7 rings (SSSR count). The summed E-state index contributed by atoms with van der Waals surface area (Å²) in [6.07, 6.45) is 0. The summed E-state index contributed by atoms with van der Waals surface area (Å²) < 4.78 is 20.2. The Kier molecular flexibility index (Phi) is 13.6. The Hall–Kier alpha value is -5.06. The van der Waals surface area contributed by atoms with Gasteiger partial charge in [-0.15, -0.1) is 43.1 Å². The third-order valence-corrected chi connectivity index (χ3v) is 13.1. The molecule has 0 amide bonds. The van der Waals surface area contributed by atoms with Crippen LogP contribution < -0.4 is 29.9 Å². The maximum Gasteiger partial charge on any atom is 0.233 e. The maximum absolute atomic E-state index is 9.71. The van der Waals surface area contributed by atoms with E-state index in [1.54, 1.807) is 14.2 Å². The molecule has 58 heavy (non-hydrogen) atoms. The van der Waals surface area contributed by atoms with Gasteiger partial charge in [0.15, 0.2) is 15.2 Å². The number of thiophene rings is 2. The van der Waals surface area contributed by atoms with Crippen LogP contribution in [0.15, 0.2) is 72.8 Å². The zero-order valence-electron chi connectivity index (χ0n) is 32.6. The second kappa shape index (κ2) is 19.1. The molecule has 0 fully saturated rings. The van der Waals surface area contributed by atoms with E-state index in [1.807, 2.05) is 47.2 Å². The highest BCUT2D eigenvalue weighted by atomic mass is 32.2. The van der Waals surface area contributed by atoms with Crippen molar-refractivity contribution < 1.29 is 14.6 Å². The molecule has 0 bridgehead atoms. The van der Waals surface area contributed by atoms with E-state index in [9.17, 15) is 5.11 Å². The molecule has 5 heterocycles. The maximum atomic E-state index is 9.71. The SMILES string of the molecule is CCN(CC)c1ccc(N=Nc2snc3scc(OC)c23)c(Nc2nc(Nc3cc(N(CC)CC)ccc3N=Nc3snc4scc(OC)c34)nc(SCCO)n2)c1. The number of aliphatic hydroxyl groups is 1. The summed E-state index contributed by atoms with van der Waals surface area (Å²) in [7, 11) is 3.27. The smallest absolute Gasteiger partial charge is 0.233 e. The summed E-state index contributed by atoms with van der Waals surface area (Å²) >= 11 is 6.85. The van der Waals surface area contributed by atoms with Crippen LogP contribution in [0, 0.1) is 0 Å². The van der Waals surface area contributed by atoms with Gasteiger partial charge >= 0.3 is 0 Å². The van der Waals surface area contributed by atoms with Crippen LogP contribution in [0.3, 0.4) is 0 Å². The number of aromatic nitrogens is 5. The lowest BCUT2D eigenvalue weighted by Crippen LogP contribution is -2.21. The Labute approximate surface area is 355 Å². The van der Waals surface area contributed by atoms with Crippen LogP contribution in [0.4, 0.5) is 56.0 Å². The summed E-state index contributed by atoms with van der Waals surface area (Å²) in [5, 5.41) is 42.4. The van der Waals surface area contributed by atoms with Gasteiger partial charge in [0.25, 0.3) is 0 Å². The topological polar surface area (TPSA) is 183 Å². The number of anilines is 6. The predicted octanol–water partition coefficient (Wildman–Crippen LogP) is 11.3. The molecule has 21 heteroatoms. The number of benzene rings is 2. The van der Waals surface area contributed by atoms with E-state index in [-0.39, 0.29) is 18.5 Å². The number of thioether (sulfide) groups is 1. The van der Waals surface area contributed by atoms with Gasteiger partial charge in [-0.05, 0) is 87.2 Å². The van der Waals surface area contributed by atoms with Crippen molar-refractivity contribution in [2.24, 2.45) is 20.5 Å². The predicted molar refractivity (Wildman–Crippen MR) is 241 cm³/mol. The number of hydrogen-bond acceptors (Lipinski definition) is 21. The average Bonchev–Trinajstić information content (AvgIpc) is 4.04. The van der Waals surface area contributed by atoms with Crippen molar-refractivity contribution in [3.63, 3.8) is 0 Å². The number of methoxy groups -OCH3 is 2. The van der Waals surface area contributed by atoms with E-state index in [2.05, 4.69) is 77.3 Å². The molecule has 3 N–H and O–H groups in total. The lowest BCUT2D eigenvalue weighted by Gasteiger charge is -2.22. The molecule has 16 nitrogen and oxygen atoms in total. The van der Waals surface area contributed by atoms with Gasteiger partial charge in [-0.3, -0.25) is 0 Å². The van der Waals surface area contributed by atoms with Gasteiger partial charge < -0.3 is 35.0 Å². The van der Waals surface area contributed by atoms with Crippen molar-refractivity contribution in [2.45, 2.75) is 32.9 Å². The van der Waals surface area contributed by atoms with Gasteiger partial charge in [0.05, 0.1) is 43.0 Å². The molecule has 0 saturated carbocycles. The summed E-state index contributed by atoms with van der Waals surface area (Å²) in [6.45, 7) is 11.7. The Morgan fingerprint density at radius 2 is 1.14 bits per heavy atom. The minimum Gasteiger partial charge on any atom is -0.495 e. The quantitative estimate of drug-likeness (QED) is 0.0516. The Morgan fingerprint density at radius 3 is 1.55 bits per heavy atom. The summed E-state index contributed by atoms with van der Waals surface area (Å²) in [6, 6.07) is 11.9. The zero-order chi connectivity index (χ0) is 40.6. The zero-order valence-corrected chi connectivity index (χ0v) is 36.7. The van der Waals surface area contributed by atoms with Crippen LogP contribution in [-0.4, -0.2) is 81.6 Å². The van der Waals surface area contributed by atoms with Crippen molar-refractivity contribution in [1.29, 1.82) is 0 Å². The average molecular weight is 876 g/mol. The first kappa shape index (κ1) is 41.1. The fourth-order valence-electron chi connectivity index (χ4n) is 5.99. The molecule has 302 valence electrons. The standard InChI is InChI=1S/C37H41N13O3S5/c1-7-49(8-2)21-11-13-23(43-45-31-29-27(52-5)19-55-33(29)47-57-31)25(17-21)38-35-40-36(42-37(41-35)54-16-15-51)39-26-18-22(50(9-3)10-4)12-14-24(26)44-46-32-30-28(53-6)20-56-34(30)48-58-32/h11-14,17-20,51H,7-10,15-16H2,1-6H3,(H2,38,39,40,41,42). The number of hydrogen-bond donors (Lipinski definition) is 3. The van der Waals surface area contributed by atoms with Crippen LogP contribution in [0.2, 0.25) is 0 Å². The Morgan fingerprint density at radius 1 is 0.672 bits per heavy atom. The Balaban J connectivity index is 1.27. The van der Waals surface area contributed by atoms with Gasteiger partial charge in [0, 0.05) is 54.1 Å². The van der Waals surface area contributed by atoms with E-state index >= 15 is 0 Å². The lowest BCUT2D eigenvalue weighted by atomic mass is 10.2. The van der Waals surface area contributed by atoms with Gasteiger partial charge in [-0.25, -0.2) is 0 Å². The molecular weight excluding hydrogens is 835 g/mol. The van der Waals surface area contributed by atoms with Gasteiger partial charge in [0.1, 0.15) is 32.5 Å². The minimum absolute atomic E-state index is 0.0473. The molecule has 0 spiro atoms. The molecule has 0 radical (unpaired) electrons. The molecule has 5 aromatic heterocycles. The number of ether oxygens (including phenoxy) is 2. The number of nitrogens with one attached hydrogen (secondary N) is 2. The van der Waals surface area contributed by atoms with Crippen molar-refractivity contribution in [2.75, 3.05) is 73.2 Å². The van der Waals surface area contributed by atoms with Gasteiger partial charge in [-0.2, -0.15) is 23.7 Å². The molecule has 2 aromatic carbocycles. The number of aliphatic hydroxyl groups excluding tert-OH is 1. The van der Waals surface area contributed by atoms with Crippen LogP contribution in [-0.2, 0) is 0 Å². The summed E-state index contributed by atoms with van der Waals surface area (Å²) in [5.41, 5.74) is 4.41. The normalized spacial score (nSPS) is 11.7. The first-order chi connectivity index (χ1) is 28.4. The number of rotatable bonds is 19. The van der Waals surface area contributed by atoms with Crippen LogP contribution >= 0.6 is 57.5 Å². The van der Waals surface area contributed by atoms with E-state index in [4.69, 9.17) is 24.4 Å². The van der Waals surface area contributed by atoms with Crippen LogP contribution in [0.5, 0.6) is 11.5 Å². The first-order valence-corrected chi connectivity index (χ1v) is 22.7. The molecule has 0 aliphatic carbocycles. The summed E-state index contributed by atoms with van der Waals surface area (Å²) in [5.74, 6) is 2.36. The van der Waals surface area contributed by atoms with E-state index in [1.165, 1.54) is 57.5 Å². The van der Waals surface area contributed by atoms with Gasteiger partial charge in [-0.1, -0.05) is 11.8 Å². The lowest BCUT2D eigenvalue weighted by molar-refractivity contribution is 0.322. The van der Waals surface area contributed by atoms with Crippen LogP contribution in [0.25, 0.3) is 20.4 Å². The fraction of sp³-hybridized carbons (Fsp3) is 0.324. The first-order valence-electron chi connectivity index (χ1n) is 18.4. The van der Waals surface area contributed by atoms with Crippen molar-refractivity contribution >= 4 is 134 Å². The molecule has 0 atom stereocenters. The van der Waals surface area contributed by atoms with E-state index < -0.39 is 0 Å². The third kappa shape index (κ3) is 8.98. The fourth-order valence-corrected chi connectivity index (χ4v) is 10.0. The Bertz CT molecular complexity index is 2380. The second-order valence-corrected chi connectivity index (χ2v) is 16.5. The van der Waals surface area contributed by atoms with E-state index in [0.717, 1.165) is 58.0 Å². The largest absolute Gasteiger partial charge is 0.495 e. The number of nitrogens with zero attached hydrogens (tertiary/aromatic N) is 11. The number of azo groups is 2.